The van der Waals surface area contributed by atoms with E-state index in [1.807, 2.05) is 0 Å². The van der Waals surface area contributed by atoms with Gasteiger partial charge in [0.05, 0.1) is 6.04 Å². The average molecular weight is 259 g/mol. The van der Waals surface area contributed by atoms with E-state index in [0.717, 1.165) is 25.9 Å². The molecule has 0 aliphatic carbocycles. The second-order valence-corrected chi connectivity index (χ2v) is 5.60. The molecule has 0 aromatic heterocycles. The summed E-state index contributed by atoms with van der Waals surface area (Å²) >= 11 is 0. The topological polar surface area (TPSA) is 20.3 Å². The summed E-state index contributed by atoms with van der Waals surface area (Å²) in [6.45, 7) is 3.93. The lowest BCUT2D eigenvalue weighted by molar-refractivity contribution is -0.123. The lowest BCUT2D eigenvalue weighted by Crippen LogP contribution is -2.44. The van der Waals surface area contributed by atoms with Crippen LogP contribution in [0.1, 0.15) is 44.6 Å². The molecule has 0 saturated carbocycles. The summed E-state index contributed by atoms with van der Waals surface area (Å²) in [5, 5.41) is 0. The van der Waals surface area contributed by atoms with E-state index in [1.54, 1.807) is 6.92 Å². The van der Waals surface area contributed by atoms with Gasteiger partial charge in [-0.05, 0) is 57.7 Å². The van der Waals surface area contributed by atoms with Gasteiger partial charge in [-0.3, -0.25) is 9.69 Å². The van der Waals surface area contributed by atoms with Crippen molar-refractivity contribution in [2.45, 2.75) is 51.5 Å². The van der Waals surface area contributed by atoms with Crippen LogP contribution in [0.4, 0.5) is 0 Å². The van der Waals surface area contributed by atoms with Gasteiger partial charge in [0, 0.05) is 0 Å². The summed E-state index contributed by atoms with van der Waals surface area (Å²) in [5.41, 5.74) is 1.42. The van der Waals surface area contributed by atoms with Crippen LogP contribution < -0.4 is 0 Å². The fourth-order valence-corrected chi connectivity index (χ4v) is 3.01. The number of Topliss-reactive ketones (excluding diaryl/α,β-unsaturated/α-hetero) is 1. The maximum Gasteiger partial charge on any atom is 0.146 e. The molecule has 2 nitrogen and oxygen atoms in total. The van der Waals surface area contributed by atoms with Gasteiger partial charge in [-0.15, -0.1) is 0 Å². The van der Waals surface area contributed by atoms with Crippen molar-refractivity contribution in [1.29, 1.82) is 0 Å². The van der Waals surface area contributed by atoms with Crippen molar-refractivity contribution in [3.05, 3.63) is 35.9 Å². The number of carbonyl (C=O) groups is 1. The first-order valence-corrected chi connectivity index (χ1v) is 7.56. The van der Waals surface area contributed by atoms with Crippen LogP contribution in [-0.2, 0) is 11.2 Å². The van der Waals surface area contributed by atoms with E-state index in [1.165, 1.54) is 31.2 Å². The Morgan fingerprint density at radius 2 is 2.00 bits per heavy atom. The highest BCUT2D eigenvalue weighted by molar-refractivity contribution is 5.81. The SMILES string of the molecule is CC(=O)C1CCCCN1CCCCc1ccccc1. The van der Waals surface area contributed by atoms with Gasteiger partial charge in [0.1, 0.15) is 5.78 Å². The van der Waals surface area contributed by atoms with Gasteiger partial charge < -0.3 is 0 Å². The van der Waals surface area contributed by atoms with Crippen LogP contribution in [0.5, 0.6) is 0 Å². The van der Waals surface area contributed by atoms with E-state index in [2.05, 4.69) is 35.2 Å². The molecule has 1 aromatic rings. The van der Waals surface area contributed by atoms with Crippen LogP contribution in [0.3, 0.4) is 0 Å². The van der Waals surface area contributed by atoms with Crippen LogP contribution >= 0.6 is 0 Å². The molecule has 0 bridgehead atoms. The molecule has 1 aliphatic rings. The van der Waals surface area contributed by atoms with Crippen molar-refractivity contribution in [3.8, 4) is 0 Å². The molecular weight excluding hydrogens is 234 g/mol. The Morgan fingerprint density at radius 3 is 2.74 bits per heavy atom. The molecule has 1 saturated heterocycles. The Labute approximate surface area is 116 Å². The molecule has 0 N–H and O–H groups in total. The number of hydrogen-bond donors (Lipinski definition) is 0. The normalized spacial score (nSPS) is 20.4. The van der Waals surface area contributed by atoms with Crippen molar-refractivity contribution in [2.24, 2.45) is 0 Å². The maximum atomic E-state index is 11.6. The van der Waals surface area contributed by atoms with Gasteiger partial charge in [-0.2, -0.15) is 0 Å². The van der Waals surface area contributed by atoms with Gasteiger partial charge in [-0.1, -0.05) is 36.8 Å². The van der Waals surface area contributed by atoms with Crippen molar-refractivity contribution in [3.63, 3.8) is 0 Å². The van der Waals surface area contributed by atoms with Crippen LogP contribution in [-0.4, -0.2) is 29.8 Å². The van der Waals surface area contributed by atoms with Crippen LogP contribution in [0.25, 0.3) is 0 Å². The number of unbranched alkanes of at least 4 members (excludes halogenated alkanes) is 1. The second kappa shape index (κ2) is 7.44. The highest BCUT2D eigenvalue weighted by Gasteiger charge is 2.24. The molecule has 1 heterocycles. The smallest absolute Gasteiger partial charge is 0.146 e. The minimum atomic E-state index is 0.200. The molecule has 19 heavy (non-hydrogen) atoms. The lowest BCUT2D eigenvalue weighted by atomic mass is 9.98. The van der Waals surface area contributed by atoms with Gasteiger partial charge in [-0.25, -0.2) is 0 Å². The summed E-state index contributed by atoms with van der Waals surface area (Å²) < 4.78 is 0. The minimum absolute atomic E-state index is 0.200. The highest BCUT2D eigenvalue weighted by Crippen LogP contribution is 2.18. The van der Waals surface area contributed by atoms with Crippen LogP contribution in [0, 0.1) is 0 Å². The lowest BCUT2D eigenvalue weighted by Gasteiger charge is -2.34. The third kappa shape index (κ3) is 4.46. The summed E-state index contributed by atoms with van der Waals surface area (Å²) in [7, 11) is 0. The number of rotatable bonds is 6. The first-order chi connectivity index (χ1) is 9.27. The highest BCUT2D eigenvalue weighted by atomic mass is 16.1. The summed E-state index contributed by atoms with van der Waals surface area (Å²) in [6, 6.07) is 10.9. The van der Waals surface area contributed by atoms with E-state index in [4.69, 9.17) is 0 Å². The summed E-state index contributed by atoms with van der Waals surface area (Å²) in [5.74, 6) is 0.350. The number of carbonyl (C=O) groups excluding carboxylic acids is 1. The molecule has 104 valence electrons. The number of benzene rings is 1. The van der Waals surface area contributed by atoms with E-state index in [0.29, 0.717) is 5.78 Å². The van der Waals surface area contributed by atoms with E-state index < -0.39 is 0 Å². The monoisotopic (exact) mass is 259 g/mol. The fraction of sp³-hybridized carbons (Fsp3) is 0.588. The summed E-state index contributed by atoms with van der Waals surface area (Å²) in [6.07, 6.45) is 7.09. The fourth-order valence-electron chi connectivity index (χ4n) is 3.01. The first-order valence-electron chi connectivity index (χ1n) is 7.56. The summed E-state index contributed by atoms with van der Waals surface area (Å²) in [4.78, 5) is 14.0. The van der Waals surface area contributed by atoms with E-state index >= 15 is 0 Å². The zero-order valence-electron chi connectivity index (χ0n) is 12.0. The number of ketones is 1. The van der Waals surface area contributed by atoms with Crippen molar-refractivity contribution in [1.82, 2.24) is 4.90 Å². The zero-order chi connectivity index (χ0) is 13.5. The van der Waals surface area contributed by atoms with Crippen molar-refractivity contribution < 1.29 is 4.79 Å². The molecule has 0 amide bonds. The Kier molecular flexibility index (Phi) is 5.59. The number of likely N-dealkylation sites (tertiary alicyclic amines) is 1. The number of piperidine rings is 1. The van der Waals surface area contributed by atoms with Gasteiger partial charge in [0.25, 0.3) is 0 Å². The molecule has 1 aromatic carbocycles. The van der Waals surface area contributed by atoms with Crippen LogP contribution in [0.15, 0.2) is 30.3 Å². The largest absolute Gasteiger partial charge is 0.298 e. The Bertz CT molecular complexity index is 388. The third-order valence-electron chi connectivity index (χ3n) is 4.09. The quantitative estimate of drug-likeness (QED) is 0.729. The molecule has 1 aliphatic heterocycles. The average Bonchev–Trinajstić information content (AvgIpc) is 2.45. The molecule has 1 unspecified atom stereocenters. The van der Waals surface area contributed by atoms with Crippen molar-refractivity contribution in [2.75, 3.05) is 13.1 Å². The Hall–Kier alpha value is -1.15. The minimum Gasteiger partial charge on any atom is -0.298 e. The molecule has 1 atom stereocenters. The van der Waals surface area contributed by atoms with E-state index in [-0.39, 0.29) is 6.04 Å². The predicted octanol–water partition coefficient (Wildman–Crippen LogP) is 3.45. The van der Waals surface area contributed by atoms with Gasteiger partial charge in [0.15, 0.2) is 0 Å². The predicted molar refractivity (Wildman–Crippen MR) is 79.3 cm³/mol. The van der Waals surface area contributed by atoms with Crippen molar-refractivity contribution >= 4 is 5.78 Å². The van der Waals surface area contributed by atoms with Gasteiger partial charge in [0.2, 0.25) is 0 Å². The molecule has 0 spiro atoms. The third-order valence-corrected chi connectivity index (χ3v) is 4.09. The van der Waals surface area contributed by atoms with E-state index in [9.17, 15) is 4.79 Å². The Morgan fingerprint density at radius 1 is 1.21 bits per heavy atom. The molecular formula is C17H25NO. The number of aryl methyl sites for hydroxylation is 1. The molecule has 0 radical (unpaired) electrons. The molecule has 2 rings (SSSR count). The first kappa shape index (κ1) is 14.3. The zero-order valence-corrected chi connectivity index (χ0v) is 12.0. The standard InChI is InChI=1S/C17H25NO/c1-15(19)17-12-6-8-14-18(17)13-7-5-11-16-9-3-2-4-10-16/h2-4,9-10,17H,5-8,11-14H2,1H3. The maximum absolute atomic E-state index is 11.6. The van der Waals surface area contributed by atoms with Crippen LogP contribution in [0.2, 0.25) is 0 Å². The number of hydrogen-bond acceptors (Lipinski definition) is 2. The Balaban J connectivity index is 1.71. The molecule has 2 heteroatoms. The number of nitrogens with zero attached hydrogens (tertiary/aromatic N) is 1. The van der Waals surface area contributed by atoms with Gasteiger partial charge >= 0.3 is 0 Å². The second-order valence-electron chi connectivity index (χ2n) is 5.60. The molecule has 1 fully saturated rings.